The molecule has 0 fully saturated rings. The molecular formula is C17H29NO2. The van der Waals surface area contributed by atoms with Crippen LogP contribution in [-0.4, -0.2) is 25.8 Å². The van der Waals surface area contributed by atoms with Gasteiger partial charge in [0, 0.05) is 6.04 Å². The molecule has 0 spiro atoms. The van der Waals surface area contributed by atoms with Crippen LogP contribution in [0.3, 0.4) is 0 Å². The van der Waals surface area contributed by atoms with Gasteiger partial charge in [0.1, 0.15) is 6.61 Å². The molecular weight excluding hydrogens is 250 g/mol. The predicted octanol–water partition coefficient (Wildman–Crippen LogP) is 3.88. The molecule has 0 aliphatic heterocycles. The summed E-state index contributed by atoms with van der Waals surface area (Å²) in [6.45, 7) is 11.1. The van der Waals surface area contributed by atoms with Gasteiger partial charge in [-0.3, -0.25) is 0 Å². The van der Waals surface area contributed by atoms with Gasteiger partial charge in [-0.15, -0.1) is 0 Å². The minimum Gasteiger partial charge on any atom is -0.490 e. The lowest BCUT2D eigenvalue weighted by molar-refractivity contribution is 0.210. The van der Waals surface area contributed by atoms with Crippen molar-refractivity contribution in [3.8, 4) is 11.5 Å². The summed E-state index contributed by atoms with van der Waals surface area (Å²) in [5.74, 6) is 2.28. The van der Waals surface area contributed by atoms with Crippen LogP contribution in [0.4, 0.5) is 0 Å². The first-order chi connectivity index (χ1) is 9.72. The molecule has 114 valence electrons. The lowest BCUT2D eigenvalue weighted by Gasteiger charge is -2.24. The van der Waals surface area contributed by atoms with E-state index in [9.17, 15) is 0 Å². The van der Waals surface area contributed by atoms with E-state index in [4.69, 9.17) is 9.47 Å². The molecule has 0 saturated heterocycles. The summed E-state index contributed by atoms with van der Waals surface area (Å²) in [7, 11) is 0. The molecule has 1 aromatic carbocycles. The number of nitrogens with one attached hydrogen (secondary N) is 1. The Hall–Kier alpha value is -1.22. The van der Waals surface area contributed by atoms with Gasteiger partial charge in [-0.05, 0) is 31.0 Å². The second-order valence-electron chi connectivity index (χ2n) is 5.16. The fourth-order valence-electron chi connectivity index (χ4n) is 2.05. The maximum Gasteiger partial charge on any atom is 0.161 e. The van der Waals surface area contributed by atoms with Crippen molar-refractivity contribution in [2.75, 3.05) is 19.8 Å². The summed E-state index contributed by atoms with van der Waals surface area (Å²) < 4.78 is 11.7. The van der Waals surface area contributed by atoms with Crippen LogP contribution >= 0.6 is 0 Å². The van der Waals surface area contributed by atoms with Gasteiger partial charge in [-0.2, -0.15) is 0 Å². The average molecular weight is 279 g/mol. The lowest BCUT2D eigenvalue weighted by atomic mass is 10.00. The monoisotopic (exact) mass is 279 g/mol. The summed E-state index contributed by atoms with van der Waals surface area (Å²) in [5, 5.41) is 3.50. The van der Waals surface area contributed by atoms with E-state index < -0.39 is 0 Å². The number of ether oxygens (including phenoxy) is 2. The molecule has 0 bridgehead atoms. The molecule has 0 aliphatic rings. The number of benzene rings is 1. The summed E-state index contributed by atoms with van der Waals surface area (Å²) in [4.78, 5) is 0. The number of hydrogen-bond acceptors (Lipinski definition) is 3. The van der Waals surface area contributed by atoms with Gasteiger partial charge >= 0.3 is 0 Å². The zero-order valence-corrected chi connectivity index (χ0v) is 13.3. The second-order valence-corrected chi connectivity index (χ2v) is 5.16. The normalized spacial score (nSPS) is 13.8. The fraction of sp³-hybridized carbons (Fsp3) is 0.647. The van der Waals surface area contributed by atoms with Crippen LogP contribution in [0.1, 0.15) is 40.5 Å². The van der Waals surface area contributed by atoms with Crippen LogP contribution < -0.4 is 14.8 Å². The van der Waals surface area contributed by atoms with E-state index in [0.29, 0.717) is 18.6 Å². The van der Waals surface area contributed by atoms with Crippen LogP contribution in [0.5, 0.6) is 11.5 Å². The molecule has 0 aliphatic carbocycles. The quantitative estimate of drug-likeness (QED) is 0.705. The zero-order valence-electron chi connectivity index (χ0n) is 13.3. The van der Waals surface area contributed by atoms with Crippen LogP contribution in [0, 0.1) is 5.92 Å². The van der Waals surface area contributed by atoms with Gasteiger partial charge in [0.15, 0.2) is 11.5 Å². The molecule has 0 amide bonds. The van der Waals surface area contributed by atoms with Crippen molar-refractivity contribution >= 4 is 0 Å². The van der Waals surface area contributed by atoms with Crippen LogP contribution in [0.25, 0.3) is 0 Å². The van der Waals surface area contributed by atoms with Crippen molar-refractivity contribution in [3.05, 3.63) is 24.3 Å². The van der Waals surface area contributed by atoms with E-state index in [1.165, 1.54) is 0 Å². The second kappa shape index (κ2) is 9.65. The minimum absolute atomic E-state index is 0.379. The molecule has 2 atom stereocenters. The Morgan fingerprint density at radius 3 is 2.25 bits per heavy atom. The number of hydrogen-bond donors (Lipinski definition) is 1. The van der Waals surface area contributed by atoms with Crippen molar-refractivity contribution in [2.24, 2.45) is 5.92 Å². The molecule has 3 heteroatoms. The molecule has 2 unspecified atom stereocenters. The molecule has 1 rings (SSSR count). The van der Waals surface area contributed by atoms with E-state index in [2.05, 4.69) is 33.0 Å². The Labute approximate surface area is 123 Å². The Kier molecular flexibility index (Phi) is 8.12. The fourth-order valence-corrected chi connectivity index (χ4v) is 2.05. The SMILES string of the molecule is CCCOc1ccccc1OCC(NCC)C(C)CC. The van der Waals surface area contributed by atoms with E-state index >= 15 is 0 Å². The first-order valence-electron chi connectivity index (χ1n) is 7.80. The molecule has 20 heavy (non-hydrogen) atoms. The Bertz CT molecular complexity index is 368. The summed E-state index contributed by atoms with van der Waals surface area (Å²) in [5.41, 5.74) is 0. The van der Waals surface area contributed by atoms with Gasteiger partial charge in [-0.25, -0.2) is 0 Å². The number of rotatable bonds is 10. The highest BCUT2D eigenvalue weighted by molar-refractivity contribution is 5.39. The van der Waals surface area contributed by atoms with Crippen LogP contribution in [0.15, 0.2) is 24.3 Å². The minimum atomic E-state index is 0.379. The first-order valence-corrected chi connectivity index (χ1v) is 7.80. The third-order valence-electron chi connectivity index (χ3n) is 3.53. The van der Waals surface area contributed by atoms with Gasteiger partial charge in [0.25, 0.3) is 0 Å². The average Bonchev–Trinajstić information content (AvgIpc) is 2.49. The Morgan fingerprint density at radius 1 is 1.05 bits per heavy atom. The standard InChI is InChI=1S/C17H29NO2/c1-5-12-19-16-10-8-9-11-17(16)20-13-15(18-7-3)14(4)6-2/h8-11,14-15,18H,5-7,12-13H2,1-4H3. The molecule has 1 N–H and O–H groups in total. The van der Waals surface area contributed by atoms with Gasteiger partial charge in [-0.1, -0.05) is 46.2 Å². The third-order valence-corrected chi connectivity index (χ3v) is 3.53. The maximum absolute atomic E-state index is 5.98. The molecule has 0 radical (unpaired) electrons. The van der Waals surface area contributed by atoms with E-state index in [1.54, 1.807) is 0 Å². The first kappa shape index (κ1) is 16.8. The highest BCUT2D eigenvalue weighted by Crippen LogP contribution is 2.27. The number of para-hydroxylation sites is 2. The highest BCUT2D eigenvalue weighted by atomic mass is 16.5. The third kappa shape index (κ3) is 5.41. The van der Waals surface area contributed by atoms with Crippen molar-refractivity contribution in [2.45, 2.75) is 46.6 Å². The van der Waals surface area contributed by atoms with E-state index in [0.717, 1.165) is 37.5 Å². The Morgan fingerprint density at radius 2 is 1.70 bits per heavy atom. The maximum atomic E-state index is 5.98. The van der Waals surface area contributed by atoms with Crippen LogP contribution in [0.2, 0.25) is 0 Å². The van der Waals surface area contributed by atoms with Crippen molar-refractivity contribution in [1.82, 2.24) is 5.32 Å². The largest absolute Gasteiger partial charge is 0.490 e. The van der Waals surface area contributed by atoms with Crippen molar-refractivity contribution in [1.29, 1.82) is 0 Å². The zero-order chi connectivity index (χ0) is 14.8. The predicted molar refractivity (Wildman–Crippen MR) is 84.6 cm³/mol. The van der Waals surface area contributed by atoms with Crippen LogP contribution in [-0.2, 0) is 0 Å². The molecule has 0 saturated carbocycles. The highest BCUT2D eigenvalue weighted by Gasteiger charge is 2.16. The van der Waals surface area contributed by atoms with E-state index in [1.807, 2.05) is 24.3 Å². The van der Waals surface area contributed by atoms with Crippen molar-refractivity contribution < 1.29 is 9.47 Å². The topological polar surface area (TPSA) is 30.5 Å². The smallest absolute Gasteiger partial charge is 0.161 e. The Balaban J connectivity index is 2.62. The van der Waals surface area contributed by atoms with Gasteiger partial charge in [0.2, 0.25) is 0 Å². The summed E-state index contributed by atoms with van der Waals surface area (Å²) >= 11 is 0. The molecule has 3 nitrogen and oxygen atoms in total. The van der Waals surface area contributed by atoms with Gasteiger partial charge < -0.3 is 14.8 Å². The number of likely N-dealkylation sites (N-methyl/N-ethyl adjacent to an activating group) is 1. The van der Waals surface area contributed by atoms with E-state index in [-0.39, 0.29) is 0 Å². The summed E-state index contributed by atoms with van der Waals surface area (Å²) in [6.07, 6.45) is 2.15. The molecule has 1 aromatic rings. The van der Waals surface area contributed by atoms with Crippen molar-refractivity contribution in [3.63, 3.8) is 0 Å². The molecule has 0 aromatic heterocycles. The lowest BCUT2D eigenvalue weighted by Crippen LogP contribution is -2.39. The summed E-state index contributed by atoms with van der Waals surface area (Å²) in [6, 6.07) is 8.29. The van der Waals surface area contributed by atoms with Gasteiger partial charge in [0.05, 0.1) is 6.61 Å². The molecule has 0 heterocycles.